The largest absolute Gasteiger partial charge is 0.390 e. The second-order valence-electron chi connectivity index (χ2n) is 4.31. The fraction of sp³-hybridized carbons (Fsp3) is 0.750. The lowest BCUT2D eigenvalue weighted by molar-refractivity contribution is -0.139. The van der Waals surface area contributed by atoms with Crippen LogP contribution in [0.3, 0.4) is 0 Å². The SMILES string of the molecule is CCc1cc(CC(CC(F)(F)F)NC)n(CC)n1. The molecule has 0 amide bonds. The summed E-state index contributed by atoms with van der Waals surface area (Å²) in [7, 11) is 1.56. The molecule has 0 aliphatic rings. The quantitative estimate of drug-likeness (QED) is 0.854. The van der Waals surface area contributed by atoms with E-state index in [9.17, 15) is 13.2 Å². The lowest BCUT2D eigenvalue weighted by atomic mass is 10.1. The minimum Gasteiger partial charge on any atom is -0.316 e. The van der Waals surface area contributed by atoms with Crippen molar-refractivity contribution in [3.05, 3.63) is 17.5 Å². The van der Waals surface area contributed by atoms with E-state index in [0.717, 1.165) is 17.8 Å². The van der Waals surface area contributed by atoms with Crippen LogP contribution in [0.25, 0.3) is 0 Å². The van der Waals surface area contributed by atoms with Gasteiger partial charge in [-0.25, -0.2) is 0 Å². The van der Waals surface area contributed by atoms with Gasteiger partial charge in [0.25, 0.3) is 0 Å². The molecule has 18 heavy (non-hydrogen) atoms. The highest BCUT2D eigenvalue weighted by molar-refractivity contribution is 5.12. The molecule has 104 valence electrons. The fourth-order valence-corrected chi connectivity index (χ4v) is 1.93. The third-order valence-electron chi connectivity index (χ3n) is 2.92. The van der Waals surface area contributed by atoms with Crippen molar-refractivity contribution in [3.8, 4) is 0 Å². The first-order chi connectivity index (χ1) is 8.39. The van der Waals surface area contributed by atoms with E-state index < -0.39 is 18.6 Å². The van der Waals surface area contributed by atoms with Gasteiger partial charge in [0.2, 0.25) is 0 Å². The molecule has 0 radical (unpaired) electrons. The zero-order chi connectivity index (χ0) is 13.8. The maximum Gasteiger partial charge on any atom is 0.390 e. The summed E-state index contributed by atoms with van der Waals surface area (Å²) >= 11 is 0. The average Bonchev–Trinajstić information content (AvgIpc) is 2.68. The standard InChI is InChI=1S/C12H20F3N3/c1-4-9-6-11(18(5-2)17-9)7-10(16-3)8-12(13,14)15/h6,10,16H,4-5,7-8H2,1-3H3. The summed E-state index contributed by atoms with van der Waals surface area (Å²) in [5.74, 6) is 0. The van der Waals surface area contributed by atoms with Crippen molar-refractivity contribution in [2.45, 2.75) is 51.9 Å². The number of nitrogens with zero attached hydrogens (tertiary/aromatic N) is 2. The molecule has 0 fully saturated rings. The van der Waals surface area contributed by atoms with Gasteiger partial charge in [-0.3, -0.25) is 4.68 Å². The molecule has 0 saturated heterocycles. The Morgan fingerprint density at radius 2 is 2.06 bits per heavy atom. The van der Waals surface area contributed by atoms with Crippen molar-refractivity contribution >= 4 is 0 Å². The molecule has 0 spiro atoms. The van der Waals surface area contributed by atoms with E-state index in [1.54, 1.807) is 11.7 Å². The van der Waals surface area contributed by atoms with Crippen LogP contribution in [0.1, 0.15) is 31.7 Å². The number of halogens is 3. The maximum absolute atomic E-state index is 12.4. The van der Waals surface area contributed by atoms with Gasteiger partial charge >= 0.3 is 6.18 Å². The number of aryl methyl sites for hydroxylation is 2. The van der Waals surface area contributed by atoms with E-state index in [0.29, 0.717) is 13.0 Å². The van der Waals surface area contributed by atoms with E-state index in [-0.39, 0.29) is 0 Å². The van der Waals surface area contributed by atoms with Gasteiger partial charge in [-0.1, -0.05) is 6.92 Å². The van der Waals surface area contributed by atoms with Crippen LogP contribution in [0.5, 0.6) is 0 Å². The lowest BCUT2D eigenvalue weighted by Gasteiger charge is -2.18. The summed E-state index contributed by atoms with van der Waals surface area (Å²) in [4.78, 5) is 0. The molecule has 0 aliphatic carbocycles. The second kappa shape index (κ2) is 6.22. The van der Waals surface area contributed by atoms with Crippen molar-refractivity contribution in [1.29, 1.82) is 0 Å². The topological polar surface area (TPSA) is 29.9 Å². The van der Waals surface area contributed by atoms with Crippen molar-refractivity contribution in [3.63, 3.8) is 0 Å². The van der Waals surface area contributed by atoms with Gasteiger partial charge in [0.15, 0.2) is 0 Å². The molecule has 1 aromatic heterocycles. The van der Waals surface area contributed by atoms with Crippen LogP contribution in [-0.2, 0) is 19.4 Å². The first-order valence-electron chi connectivity index (χ1n) is 6.19. The highest BCUT2D eigenvalue weighted by Gasteiger charge is 2.31. The molecule has 0 aliphatic heterocycles. The lowest BCUT2D eigenvalue weighted by Crippen LogP contribution is -2.33. The van der Waals surface area contributed by atoms with Gasteiger partial charge in [0.05, 0.1) is 12.1 Å². The van der Waals surface area contributed by atoms with Crippen LogP contribution in [-0.4, -0.2) is 29.0 Å². The first kappa shape index (κ1) is 15.0. The minimum atomic E-state index is -4.14. The number of alkyl halides is 3. The zero-order valence-corrected chi connectivity index (χ0v) is 11.0. The Hall–Kier alpha value is -1.04. The molecular formula is C12H20F3N3. The molecule has 1 unspecified atom stereocenters. The molecule has 1 rings (SSSR count). The monoisotopic (exact) mass is 263 g/mol. The summed E-state index contributed by atoms with van der Waals surface area (Å²) in [5, 5.41) is 7.06. The number of rotatable bonds is 6. The fourth-order valence-electron chi connectivity index (χ4n) is 1.93. The number of nitrogens with one attached hydrogen (secondary N) is 1. The third kappa shape index (κ3) is 4.33. The number of hydrogen-bond donors (Lipinski definition) is 1. The molecule has 1 aromatic rings. The van der Waals surface area contributed by atoms with Crippen molar-refractivity contribution < 1.29 is 13.2 Å². The van der Waals surface area contributed by atoms with E-state index in [4.69, 9.17) is 0 Å². The van der Waals surface area contributed by atoms with Crippen LogP contribution in [0.2, 0.25) is 0 Å². The molecule has 0 aromatic carbocycles. The van der Waals surface area contributed by atoms with Crippen LogP contribution in [0, 0.1) is 0 Å². The van der Waals surface area contributed by atoms with Gasteiger partial charge in [0.1, 0.15) is 0 Å². The van der Waals surface area contributed by atoms with Crippen LogP contribution < -0.4 is 5.32 Å². The summed E-state index contributed by atoms with van der Waals surface area (Å²) in [6.45, 7) is 4.60. The van der Waals surface area contributed by atoms with Gasteiger partial charge < -0.3 is 5.32 Å². The Bertz CT molecular complexity index is 371. The number of likely N-dealkylation sites (N-methyl/N-ethyl adjacent to an activating group) is 1. The Balaban J connectivity index is 2.77. The zero-order valence-electron chi connectivity index (χ0n) is 11.0. The Labute approximate surface area is 105 Å². The van der Waals surface area contributed by atoms with Crippen LogP contribution in [0.15, 0.2) is 6.07 Å². The molecule has 1 atom stereocenters. The van der Waals surface area contributed by atoms with Crippen LogP contribution >= 0.6 is 0 Å². The normalized spacial score (nSPS) is 13.9. The maximum atomic E-state index is 12.4. The summed E-state index contributed by atoms with van der Waals surface area (Å²) in [5.41, 5.74) is 1.78. The highest BCUT2D eigenvalue weighted by Crippen LogP contribution is 2.23. The second-order valence-corrected chi connectivity index (χ2v) is 4.31. The Morgan fingerprint density at radius 3 is 2.50 bits per heavy atom. The molecule has 1 heterocycles. The van der Waals surface area contributed by atoms with Crippen LogP contribution in [0.4, 0.5) is 13.2 Å². The molecular weight excluding hydrogens is 243 g/mol. The van der Waals surface area contributed by atoms with E-state index >= 15 is 0 Å². The smallest absolute Gasteiger partial charge is 0.316 e. The van der Waals surface area contributed by atoms with Crippen molar-refractivity contribution in [2.24, 2.45) is 0 Å². The average molecular weight is 263 g/mol. The summed E-state index contributed by atoms with van der Waals surface area (Å²) in [6.07, 6.45) is -3.82. The molecule has 1 N–H and O–H groups in total. The molecule has 3 nitrogen and oxygen atoms in total. The predicted molar refractivity (Wildman–Crippen MR) is 64.5 cm³/mol. The van der Waals surface area contributed by atoms with Crippen molar-refractivity contribution in [1.82, 2.24) is 15.1 Å². The van der Waals surface area contributed by atoms with Gasteiger partial charge in [0, 0.05) is 24.7 Å². The predicted octanol–water partition coefficient (Wildman–Crippen LogP) is 2.55. The highest BCUT2D eigenvalue weighted by atomic mass is 19.4. The van der Waals surface area contributed by atoms with E-state index in [2.05, 4.69) is 10.4 Å². The van der Waals surface area contributed by atoms with E-state index in [1.807, 2.05) is 19.9 Å². The first-order valence-corrected chi connectivity index (χ1v) is 6.19. The molecule has 0 bridgehead atoms. The number of hydrogen-bond acceptors (Lipinski definition) is 2. The Kier molecular flexibility index (Phi) is 5.19. The van der Waals surface area contributed by atoms with Gasteiger partial charge in [-0.2, -0.15) is 18.3 Å². The Morgan fingerprint density at radius 1 is 1.39 bits per heavy atom. The summed E-state index contributed by atoms with van der Waals surface area (Å²) in [6, 6.07) is 1.29. The van der Waals surface area contributed by atoms with E-state index in [1.165, 1.54) is 0 Å². The number of aromatic nitrogens is 2. The third-order valence-corrected chi connectivity index (χ3v) is 2.92. The van der Waals surface area contributed by atoms with Crippen molar-refractivity contribution in [2.75, 3.05) is 7.05 Å². The van der Waals surface area contributed by atoms with Gasteiger partial charge in [-0.15, -0.1) is 0 Å². The van der Waals surface area contributed by atoms with Gasteiger partial charge in [-0.05, 0) is 26.5 Å². The molecule has 6 heteroatoms. The molecule has 0 saturated carbocycles. The summed E-state index contributed by atoms with van der Waals surface area (Å²) < 4.78 is 38.9. The minimum absolute atomic E-state index is 0.344.